The fourth-order valence-corrected chi connectivity index (χ4v) is 2.64. The van der Waals surface area contributed by atoms with Crippen LogP contribution in [0.15, 0.2) is 22.7 Å². The molecule has 0 radical (unpaired) electrons. The molecule has 108 valence electrons. The number of aromatic nitrogens is 2. The molecule has 0 saturated heterocycles. The van der Waals surface area contributed by atoms with Crippen molar-refractivity contribution in [2.24, 2.45) is 7.05 Å². The second-order valence-electron chi connectivity index (χ2n) is 4.38. The van der Waals surface area contributed by atoms with Gasteiger partial charge >= 0.3 is 0 Å². The molecule has 5 nitrogen and oxygen atoms in total. The van der Waals surface area contributed by atoms with Crippen molar-refractivity contribution >= 4 is 21.6 Å². The van der Waals surface area contributed by atoms with Crippen molar-refractivity contribution in [2.45, 2.75) is 20.0 Å². The molecule has 0 fully saturated rings. The fourth-order valence-electron chi connectivity index (χ4n) is 1.91. The highest BCUT2D eigenvalue weighted by molar-refractivity contribution is 9.10. The van der Waals surface area contributed by atoms with E-state index in [2.05, 4.69) is 28.0 Å². The number of nitrogen functional groups attached to an aromatic ring is 1. The van der Waals surface area contributed by atoms with Gasteiger partial charge in [-0.2, -0.15) is 5.10 Å². The van der Waals surface area contributed by atoms with E-state index in [0.29, 0.717) is 23.8 Å². The van der Waals surface area contributed by atoms with Crippen LogP contribution in [0.5, 0.6) is 11.5 Å². The summed E-state index contributed by atoms with van der Waals surface area (Å²) in [4.78, 5) is 0. The molecule has 0 atom stereocenters. The number of rotatable bonds is 5. The summed E-state index contributed by atoms with van der Waals surface area (Å²) in [6, 6.07) is 5.37. The van der Waals surface area contributed by atoms with E-state index in [0.717, 1.165) is 22.3 Å². The zero-order valence-corrected chi connectivity index (χ0v) is 13.4. The first kappa shape index (κ1) is 14.7. The number of ether oxygens (including phenoxy) is 2. The molecular weight excluding hydrogens is 322 g/mol. The second kappa shape index (κ2) is 6.17. The summed E-state index contributed by atoms with van der Waals surface area (Å²) in [6.07, 6.45) is 0.874. The number of hydrogen-bond acceptors (Lipinski definition) is 4. The fraction of sp³-hybridized carbons (Fsp3) is 0.357. The number of aryl methyl sites for hydroxylation is 2. The Morgan fingerprint density at radius 1 is 1.40 bits per heavy atom. The third-order valence-electron chi connectivity index (χ3n) is 3.08. The van der Waals surface area contributed by atoms with Crippen LogP contribution in [0, 0.1) is 0 Å². The van der Waals surface area contributed by atoms with Gasteiger partial charge in [-0.05, 0) is 34.5 Å². The van der Waals surface area contributed by atoms with Gasteiger partial charge in [0.2, 0.25) is 0 Å². The molecule has 0 aliphatic carbocycles. The maximum absolute atomic E-state index is 5.93. The van der Waals surface area contributed by atoms with E-state index in [1.807, 2.05) is 17.8 Å². The molecule has 1 aromatic heterocycles. The SMILES string of the molecule is CCc1nn(C)c(COc2ccc(OC)cc2N)c1Br. The van der Waals surface area contributed by atoms with Crippen molar-refractivity contribution in [2.75, 3.05) is 12.8 Å². The van der Waals surface area contributed by atoms with E-state index in [-0.39, 0.29) is 0 Å². The predicted molar refractivity (Wildman–Crippen MR) is 82.0 cm³/mol. The van der Waals surface area contributed by atoms with Gasteiger partial charge in [0.1, 0.15) is 18.1 Å². The largest absolute Gasteiger partial charge is 0.497 e. The zero-order valence-electron chi connectivity index (χ0n) is 11.8. The van der Waals surface area contributed by atoms with Crippen LogP contribution in [0.4, 0.5) is 5.69 Å². The Hall–Kier alpha value is -1.69. The number of halogens is 1. The molecule has 0 unspecified atom stereocenters. The van der Waals surface area contributed by atoms with Crippen molar-refractivity contribution in [3.8, 4) is 11.5 Å². The van der Waals surface area contributed by atoms with E-state index in [4.69, 9.17) is 15.2 Å². The van der Waals surface area contributed by atoms with Gasteiger partial charge in [0.25, 0.3) is 0 Å². The van der Waals surface area contributed by atoms with E-state index < -0.39 is 0 Å². The van der Waals surface area contributed by atoms with Crippen molar-refractivity contribution in [3.05, 3.63) is 34.1 Å². The minimum Gasteiger partial charge on any atom is -0.497 e. The van der Waals surface area contributed by atoms with Crippen LogP contribution in [0.2, 0.25) is 0 Å². The molecule has 1 heterocycles. The normalized spacial score (nSPS) is 10.6. The second-order valence-corrected chi connectivity index (χ2v) is 5.17. The summed E-state index contributed by atoms with van der Waals surface area (Å²) in [5.41, 5.74) is 8.49. The van der Waals surface area contributed by atoms with Gasteiger partial charge in [-0.3, -0.25) is 4.68 Å². The molecule has 1 aromatic carbocycles. The maximum Gasteiger partial charge on any atom is 0.143 e. The first-order valence-corrected chi connectivity index (χ1v) is 7.12. The number of anilines is 1. The van der Waals surface area contributed by atoms with Crippen LogP contribution in [0.25, 0.3) is 0 Å². The topological polar surface area (TPSA) is 62.3 Å². The van der Waals surface area contributed by atoms with Gasteiger partial charge in [0.15, 0.2) is 0 Å². The monoisotopic (exact) mass is 339 g/mol. The van der Waals surface area contributed by atoms with Crippen molar-refractivity contribution in [1.82, 2.24) is 9.78 Å². The van der Waals surface area contributed by atoms with Gasteiger partial charge in [-0.25, -0.2) is 0 Å². The summed E-state index contributed by atoms with van der Waals surface area (Å²) in [5, 5.41) is 4.43. The first-order chi connectivity index (χ1) is 9.56. The molecule has 20 heavy (non-hydrogen) atoms. The molecule has 0 bridgehead atoms. The Morgan fingerprint density at radius 2 is 2.15 bits per heavy atom. The molecule has 0 amide bonds. The summed E-state index contributed by atoms with van der Waals surface area (Å²) in [6.45, 7) is 2.47. The predicted octanol–water partition coefficient (Wildman–Crippen LogP) is 2.91. The summed E-state index contributed by atoms with van der Waals surface area (Å²) < 4.78 is 13.7. The summed E-state index contributed by atoms with van der Waals surface area (Å²) >= 11 is 3.56. The molecule has 6 heteroatoms. The molecule has 2 rings (SSSR count). The Morgan fingerprint density at radius 3 is 2.70 bits per heavy atom. The first-order valence-electron chi connectivity index (χ1n) is 6.33. The van der Waals surface area contributed by atoms with Crippen LogP contribution in [0.3, 0.4) is 0 Å². The van der Waals surface area contributed by atoms with E-state index in [9.17, 15) is 0 Å². The number of benzene rings is 1. The minimum absolute atomic E-state index is 0.403. The molecule has 0 aliphatic rings. The average Bonchev–Trinajstić information content (AvgIpc) is 2.72. The van der Waals surface area contributed by atoms with E-state index in [1.54, 1.807) is 19.2 Å². The van der Waals surface area contributed by atoms with Crippen molar-refractivity contribution < 1.29 is 9.47 Å². The average molecular weight is 340 g/mol. The van der Waals surface area contributed by atoms with Crippen LogP contribution in [0.1, 0.15) is 18.3 Å². The highest BCUT2D eigenvalue weighted by Crippen LogP contribution is 2.28. The van der Waals surface area contributed by atoms with Gasteiger partial charge in [-0.15, -0.1) is 0 Å². The minimum atomic E-state index is 0.403. The number of methoxy groups -OCH3 is 1. The zero-order chi connectivity index (χ0) is 14.7. The van der Waals surface area contributed by atoms with Crippen LogP contribution < -0.4 is 15.2 Å². The highest BCUT2D eigenvalue weighted by Gasteiger charge is 2.13. The Bertz CT molecular complexity index is 611. The molecule has 2 aromatic rings. The van der Waals surface area contributed by atoms with E-state index in [1.165, 1.54) is 0 Å². The molecular formula is C14H18BrN3O2. The van der Waals surface area contributed by atoms with E-state index >= 15 is 0 Å². The van der Waals surface area contributed by atoms with Gasteiger partial charge in [0, 0.05) is 13.1 Å². The lowest BCUT2D eigenvalue weighted by Gasteiger charge is -2.10. The number of nitrogens with zero attached hydrogens (tertiary/aromatic N) is 2. The number of nitrogens with two attached hydrogens (primary N) is 1. The van der Waals surface area contributed by atoms with Crippen molar-refractivity contribution in [3.63, 3.8) is 0 Å². The Kier molecular flexibility index (Phi) is 4.54. The van der Waals surface area contributed by atoms with Gasteiger partial charge in [-0.1, -0.05) is 6.92 Å². The lowest BCUT2D eigenvalue weighted by molar-refractivity contribution is 0.295. The van der Waals surface area contributed by atoms with Gasteiger partial charge < -0.3 is 15.2 Å². The molecule has 0 spiro atoms. The highest BCUT2D eigenvalue weighted by atomic mass is 79.9. The van der Waals surface area contributed by atoms with Crippen molar-refractivity contribution in [1.29, 1.82) is 0 Å². The Labute approximate surface area is 126 Å². The molecule has 2 N–H and O–H groups in total. The maximum atomic E-state index is 5.93. The lowest BCUT2D eigenvalue weighted by atomic mass is 10.3. The third-order valence-corrected chi connectivity index (χ3v) is 4.00. The summed E-state index contributed by atoms with van der Waals surface area (Å²) in [7, 11) is 3.51. The quantitative estimate of drug-likeness (QED) is 0.850. The van der Waals surface area contributed by atoms with Crippen LogP contribution in [-0.4, -0.2) is 16.9 Å². The van der Waals surface area contributed by atoms with Crippen LogP contribution in [-0.2, 0) is 20.1 Å². The summed E-state index contributed by atoms with van der Waals surface area (Å²) in [5.74, 6) is 1.35. The standard InChI is InChI=1S/C14H18BrN3O2/c1-4-11-14(15)12(18(2)17-11)8-20-13-6-5-9(19-3)7-10(13)16/h5-7H,4,8,16H2,1-3H3. The third kappa shape index (κ3) is 2.90. The lowest BCUT2D eigenvalue weighted by Crippen LogP contribution is -2.05. The smallest absolute Gasteiger partial charge is 0.143 e. The molecule has 0 aliphatic heterocycles. The number of hydrogen-bond donors (Lipinski definition) is 1. The molecule has 0 saturated carbocycles. The van der Waals surface area contributed by atoms with Gasteiger partial charge in [0.05, 0.1) is 28.7 Å². The Balaban J connectivity index is 2.15. The van der Waals surface area contributed by atoms with Crippen LogP contribution >= 0.6 is 15.9 Å².